The third-order valence-electron chi connectivity index (χ3n) is 5.89. The quantitative estimate of drug-likeness (QED) is 0.735. The third kappa shape index (κ3) is 1.98. The van der Waals surface area contributed by atoms with Gasteiger partial charge in [-0.15, -0.1) is 0 Å². The zero-order valence-corrected chi connectivity index (χ0v) is 13.2. The van der Waals surface area contributed by atoms with Gasteiger partial charge >= 0.3 is 0 Å². The molecule has 0 radical (unpaired) electrons. The molecule has 1 nitrogen and oxygen atoms in total. The highest BCUT2D eigenvalue weighted by atomic mass is 15.2. The summed E-state index contributed by atoms with van der Waals surface area (Å²) in [6.45, 7) is 9.84. The van der Waals surface area contributed by atoms with E-state index in [9.17, 15) is 0 Å². The Bertz CT molecular complexity index is 513. The molecule has 1 saturated carbocycles. The standard InChI is InChI=1S/C19H27N/c1-19(2,3)18-16-11-20(12-17(16)18)15-9-8-13-6-4-5-7-14(13)10-15/h8-10,16-18H,4-7,11-12H2,1-3H3. The fourth-order valence-corrected chi connectivity index (χ4v) is 4.94. The van der Waals surface area contributed by atoms with Crippen LogP contribution in [0.2, 0.25) is 0 Å². The summed E-state index contributed by atoms with van der Waals surface area (Å²) in [5.41, 5.74) is 5.24. The fourth-order valence-electron chi connectivity index (χ4n) is 4.94. The van der Waals surface area contributed by atoms with Crippen LogP contribution in [0, 0.1) is 23.2 Å². The van der Waals surface area contributed by atoms with E-state index in [0.717, 1.165) is 17.8 Å². The van der Waals surface area contributed by atoms with Crippen LogP contribution in [0.5, 0.6) is 0 Å². The summed E-state index contributed by atoms with van der Waals surface area (Å²) in [6, 6.07) is 7.27. The summed E-state index contributed by atoms with van der Waals surface area (Å²) in [5, 5.41) is 0. The molecule has 1 saturated heterocycles. The predicted octanol–water partition coefficient (Wildman–Crippen LogP) is 4.29. The SMILES string of the molecule is CC(C)(C)C1C2CN(c3ccc4c(c3)CCCC4)CC21. The Morgan fingerprint density at radius 2 is 1.60 bits per heavy atom. The summed E-state index contributed by atoms with van der Waals surface area (Å²) in [6.07, 6.45) is 5.36. The molecule has 20 heavy (non-hydrogen) atoms. The van der Waals surface area contributed by atoms with Gasteiger partial charge in [-0.25, -0.2) is 0 Å². The van der Waals surface area contributed by atoms with E-state index < -0.39 is 0 Å². The Hall–Kier alpha value is -0.980. The molecule has 1 aromatic carbocycles. The summed E-state index contributed by atoms with van der Waals surface area (Å²) in [5.74, 6) is 2.90. The highest BCUT2D eigenvalue weighted by molar-refractivity contribution is 5.53. The van der Waals surface area contributed by atoms with E-state index in [2.05, 4.69) is 43.9 Å². The van der Waals surface area contributed by atoms with Crippen LogP contribution in [-0.4, -0.2) is 13.1 Å². The summed E-state index contributed by atoms with van der Waals surface area (Å²) >= 11 is 0. The fraction of sp³-hybridized carbons (Fsp3) is 0.684. The van der Waals surface area contributed by atoms with Gasteiger partial charge in [0.15, 0.2) is 0 Å². The lowest BCUT2D eigenvalue weighted by molar-refractivity contribution is 0.309. The van der Waals surface area contributed by atoms with Crippen LogP contribution in [0.3, 0.4) is 0 Å². The maximum Gasteiger partial charge on any atom is 0.0369 e. The molecule has 4 rings (SSSR count). The third-order valence-corrected chi connectivity index (χ3v) is 5.89. The van der Waals surface area contributed by atoms with Gasteiger partial charge in [-0.05, 0) is 72.1 Å². The number of anilines is 1. The number of rotatable bonds is 1. The molecule has 2 atom stereocenters. The zero-order valence-electron chi connectivity index (χ0n) is 13.2. The lowest BCUT2D eigenvalue weighted by Gasteiger charge is -2.28. The molecule has 2 fully saturated rings. The van der Waals surface area contributed by atoms with Crippen LogP contribution in [0.25, 0.3) is 0 Å². The van der Waals surface area contributed by atoms with E-state index in [1.807, 2.05) is 0 Å². The van der Waals surface area contributed by atoms with Crippen molar-refractivity contribution in [1.29, 1.82) is 0 Å². The first-order valence-electron chi connectivity index (χ1n) is 8.41. The molecule has 2 unspecified atom stereocenters. The van der Waals surface area contributed by atoms with Crippen molar-refractivity contribution < 1.29 is 0 Å². The molecule has 108 valence electrons. The predicted molar refractivity (Wildman–Crippen MR) is 85.2 cm³/mol. The maximum absolute atomic E-state index is 2.65. The monoisotopic (exact) mass is 269 g/mol. The molecule has 0 N–H and O–H groups in total. The number of aryl methyl sites for hydroxylation is 2. The Labute approximate surface area is 123 Å². The second-order valence-corrected chi connectivity index (χ2v) is 8.28. The summed E-state index contributed by atoms with van der Waals surface area (Å²) in [7, 11) is 0. The minimum atomic E-state index is 0.511. The van der Waals surface area contributed by atoms with Crippen molar-refractivity contribution in [3.8, 4) is 0 Å². The molecular formula is C19H27N. The van der Waals surface area contributed by atoms with Gasteiger partial charge in [-0.1, -0.05) is 26.8 Å². The van der Waals surface area contributed by atoms with Gasteiger partial charge in [-0.2, -0.15) is 0 Å². The lowest BCUT2D eigenvalue weighted by atomic mass is 9.87. The summed E-state index contributed by atoms with van der Waals surface area (Å²) < 4.78 is 0. The van der Waals surface area contributed by atoms with Crippen molar-refractivity contribution in [3.63, 3.8) is 0 Å². The average Bonchev–Trinajstić information content (AvgIpc) is 2.96. The minimum absolute atomic E-state index is 0.511. The van der Waals surface area contributed by atoms with E-state index in [-0.39, 0.29) is 0 Å². The molecule has 0 amide bonds. The Balaban J connectivity index is 1.49. The van der Waals surface area contributed by atoms with Crippen LogP contribution >= 0.6 is 0 Å². The first-order chi connectivity index (χ1) is 9.54. The largest absolute Gasteiger partial charge is 0.371 e. The molecule has 1 aromatic rings. The van der Waals surface area contributed by atoms with Gasteiger partial charge in [0, 0.05) is 18.8 Å². The van der Waals surface area contributed by atoms with Crippen molar-refractivity contribution >= 4 is 5.69 Å². The normalized spacial score (nSPS) is 31.9. The van der Waals surface area contributed by atoms with Crippen molar-refractivity contribution in [1.82, 2.24) is 0 Å². The van der Waals surface area contributed by atoms with Crippen molar-refractivity contribution in [2.75, 3.05) is 18.0 Å². The van der Waals surface area contributed by atoms with Gasteiger partial charge in [0.2, 0.25) is 0 Å². The van der Waals surface area contributed by atoms with Crippen molar-refractivity contribution in [2.45, 2.75) is 46.5 Å². The molecule has 1 aliphatic heterocycles. The van der Waals surface area contributed by atoms with Gasteiger partial charge in [-0.3, -0.25) is 0 Å². The highest BCUT2D eigenvalue weighted by Crippen LogP contribution is 2.60. The molecule has 0 spiro atoms. The van der Waals surface area contributed by atoms with E-state index in [1.54, 1.807) is 11.1 Å². The minimum Gasteiger partial charge on any atom is -0.371 e. The van der Waals surface area contributed by atoms with E-state index in [0.29, 0.717) is 5.41 Å². The van der Waals surface area contributed by atoms with Crippen LogP contribution < -0.4 is 4.90 Å². The number of nitrogens with zero attached hydrogens (tertiary/aromatic N) is 1. The highest BCUT2D eigenvalue weighted by Gasteiger charge is 2.59. The lowest BCUT2D eigenvalue weighted by Crippen LogP contribution is -2.27. The average molecular weight is 269 g/mol. The zero-order chi connectivity index (χ0) is 13.9. The van der Waals surface area contributed by atoms with Crippen molar-refractivity contribution in [3.05, 3.63) is 29.3 Å². The van der Waals surface area contributed by atoms with Crippen LogP contribution in [0.4, 0.5) is 5.69 Å². The first-order valence-corrected chi connectivity index (χ1v) is 8.41. The Morgan fingerprint density at radius 3 is 2.25 bits per heavy atom. The molecular weight excluding hydrogens is 242 g/mol. The summed E-state index contributed by atoms with van der Waals surface area (Å²) in [4.78, 5) is 2.65. The van der Waals surface area contributed by atoms with Gasteiger partial charge < -0.3 is 4.90 Å². The Morgan fingerprint density at radius 1 is 0.950 bits per heavy atom. The maximum atomic E-state index is 2.65. The van der Waals surface area contributed by atoms with Crippen molar-refractivity contribution in [2.24, 2.45) is 23.2 Å². The second-order valence-electron chi connectivity index (χ2n) is 8.28. The molecule has 0 bridgehead atoms. The number of fused-ring (bicyclic) bond motifs is 2. The molecule has 0 aromatic heterocycles. The Kier molecular flexibility index (Phi) is 2.71. The van der Waals surface area contributed by atoms with Gasteiger partial charge in [0.1, 0.15) is 0 Å². The van der Waals surface area contributed by atoms with Crippen LogP contribution in [0.15, 0.2) is 18.2 Å². The number of hydrogen-bond acceptors (Lipinski definition) is 1. The molecule has 1 heterocycles. The van der Waals surface area contributed by atoms with Gasteiger partial charge in [0.25, 0.3) is 0 Å². The number of piperidine rings is 1. The topological polar surface area (TPSA) is 3.24 Å². The molecule has 1 heteroatoms. The molecule has 2 aliphatic carbocycles. The smallest absolute Gasteiger partial charge is 0.0369 e. The van der Waals surface area contributed by atoms with Crippen LogP contribution in [-0.2, 0) is 12.8 Å². The van der Waals surface area contributed by atoms with E-state index >= 15 is 0 Å². The molecule has 3 aliphatic rings. The number of hydrogen-bond donors (Lipinski definition) is 0. The first kappa shape index (κ1) is 12.7. The van der Waals surface area contributed by atoms with E-state index in [4.69, 9.17) is 0 Å². The number of benzene rings is 1. The van der Waals surface area contributed by atoms with Crippen LogP contribution in [0.1, 0.15) is 44.7 Å². The van der Waals surface area contributed by atoms with E-state index in [1.165, 1.54) is 44.5 Å². The second kappa shape index (κ2) is 4.26. The van der Waals surface area contributed by atoms with Gasteiger partial charge in [0.05, 0.1) is 0 Å².